The van der Waals surface area contributed by atoms with Crippen molar-refractivity contribution in [2.75, 3.05) is 11.9 Å². The monoisotopic (exact) mass is 342 g/mol. The molecule has 0 fully saturated rings. The van der Waals surface area contributed by atoms with Gasteiger partial charge in [0, 0.05) is 30.4 Å². The Morgan fingerprint density at radius 1 is 1.29 bits per heavy atom. The van der Waals surface area contributed by atoms with Crippen molar-refractivity contribution in [2.45, 2.75) is 46.5 Å². The molecule has 2 heterocycles. The minimum atomic E-state index is -4.45. The molecule has 0 bridgehead atoms. The third kappa shape index (κ3) is 4.39. The summed E-state index contributed by atoms with van der Waals surface area (Å²) in [5.41, 5.74) is 0.937. The van der Waals surface area contributed by atoms with Crippen molar-refractivity contribution in [3.8, 4) is 5.88 Å². The van der Waals surface area contributed by atoms with E-state index in [2.05, 4.69) is 15.4 Å². The minimum Gasteiger partial charge on any atom is -0.478 e. The predicted octanol–water partition coefficient (Wildman–Crippen LogP) is 4.20. The quantitative estimate of drug-likeness (QED) is 0.855. The van der Waals surface area contributed by atoms with E-state index in [-0.39, 0.29) is 24.3 Å². The van der Waals surface area contributed by atoms with Crippen LogP contribution in [0.1, 0.15) is 43.6 Å². The lowest BCUT2D eigenvalue weighted by molar-refractivity contribution is -0.137. The number of halogens is 3. The number of ether oxygens (including phenoxy) is 1. The van der Waals surface area contributed by atoms with E-state index in [9.17, 15) is 13.2 Å². The van der Waals surface area contributed by atoms with Crippen molar-refractivity contribution in [1.82, 2.24) is 14.8 Å². The lowest BCUT2D eigenvalue weighted by Gasteiger charge is -2.12. The molecule has 0 aliphatic heterocycles. The van der Waals surface area contributed by atoms with Crippen LogP contribution in [0.15, 0.2) is 18.3 Å². The Morgan fingerprint density at radius 2 is 2.00 bits per heavy atom. The topological polar surface area (TPSA) is 52.0 Å². The van der Waals surface area contributed by atoms with E-state index >= 15 is 0 Å². The van der Waals surface area contributed by atoms with Gasteiger partial charge in [0.2, 0.25) is 5.88 Å². The summed E-state index contributed by atoms with van der Waals surface area (Å²) in [6, 6.07) is 2.09. The molecule has 24 heavy (non-hydrogen) atoms. The van der Waals surface area contributed by atoms with Crippen LogP contribution < -0.4 is 10.1 Å². The Morgan fingerprint density at radius 3 is 2.54 bits per heavy atom. The first-order valence-corrected chi connectivity index (χ1v) is 7.71. The molecule has 2 rings (SSSR count). The molecule has 0 saturated carbocycles. The SMILES string of the molecule is CCOc1cc(C(F)(F)F)cc(NCc2cn(C(C)C)nc2C)n1. The summed E-state index contributed by atoms with van der Waals surface area (Å²) in [4.78, 5) is 4.06. The fraction of sp³-hybridized carbons (Fsp3) is 0.500. The van der Waals surface area contributed by atoms with Gasteiger partial charge in [0.1, 0.15) is 5.82 Å². The van der Waals surface area contributed by atoms with E-state index in [0.29, 0.717) is 6.54 Å². The molecule has 5 nitrogen and oxygen atoms in total. The molecule has 2 aromatic rings. The smallest absolute Gasteiger partial charge is 0.416 e. The Labute approximate surface area is 138 Å². The van der Waals surface area contributed by atoms with Crippen molar-refractivity contribution >= 4 is 5.82 Å². The molecule has 0 saturated heterocycles. The molecule has 0 aliphatic carbocycles. The van der Waals surface area contributed by atoms with Gasteiger partial charge in [0.15, 0.2) is 0 Å². The van der Waals surface area contributed by atoms with Gasteiger partial charge in [-0.3, -0.25) is 4.68 Å². The number of alkyl halides is 3. The fourth-order valence-corrected chi connectivity index (χ4v) is 2.12. The third-order valence-electron chi connectivity index (χ3n) is 3.43. The van der Waals surface area contributed by atoms with Crippen LogP contribution in [0, 0.1) is 6.92 Å². The number of hydrogen-bond donors (Lipinski definition) is 1. The average molecular weight is 342 g/mol. The molecular weight excluding hydrogens is 321 g/mol. The normalized spacial score (nSPS) is 11.8. The van der Waals surface area contributed by atoms with Gasteiger partial charge in [-0.1, -0.05) is 0 Å². The maximum atomic E-state index is 13.0. The summed E-state index contributed by atoms with van der Waals surface area (Å²) in [7, 11) is 0. The second kappa shape index (κ2) is 7.11. The van der Waals surface area contributed by atoms with Crippen LogP contribution in [-0.4, -0.2) is 21.4 Å². The first-order valence-electron chi connectivity index (χ1n) is 7.71. The average Bonchev–Trinajstić information content (AvgIpc) is 2.86. The van der Waals surface area contributed by atoms with E-state index < -0.39 is 11.7 Å². The number of nitrogens with zero attached hydrogens (tertiary/aromatic N) is 3. The zero-order valence-electron chi connectivity index (χ0n) is 14.1. The van der Waals surface area contributed by atoms with Crippen molar-refractivity contribution < 1.29 is 17.9 Å². The summed E-state index contributed by atoms with van der Waals surface area (Å²) < 4.78 is 45.9. The van der Waals surface area contributed by atoms with Crippen LogP contribution in [0.25, 0.3) is 0 Å². The molecule has 0 unspecified atom stereocenters. The fourth-order valence-electron chi connectivity index (χ4n) is 2.12. The van der Waals surface area contributed by atoms with Crippen molar-refractivity contribution in [3.63, 3.8) is 0 Å². The van der Waals surface area contributed by atoms with Crippen molar-refractivity contribution in [3.05, 3.63) is 35.2 Å². The van der Waals surface area contributed by atoms with Gasteiger partial charge in [-0.05, 0) is 33.8 Å². The summed E-state index contributed by atoms with van der Waals surface area (Å²) in [6.45, 7) is 8.14. The lowest BCUT2D eigenvalue weighted by atomic mass is 10.2. The Kier molecular flexibility index (Phi) is 5.36. The van der Waals surface area contributed by atoms with Crippen LogP contribution >= 0.6 is 0 Å². The van der Waals surface area contributed by atoms with Crippen LogP contribution in [0.3, 0.4) is 0 Å². The maximum Gasteiger partial charge on any atom is 0.416 e. The molecule has 1 N–H and O–H groups in total. The summed E-state index contributed by atoms with van der Waals surface area (Å²) in [5.74, 6) is 0.0643. The third-order valence-corrected chi connectivity index (χ3v) is 3.43. The van der Waals surface area contributed by atoms with Gasteiger partial charge in [0.05, 0.1) is 17.9 Å². The summed E-state index contributed by atoms with van der Waals surface area (Å²) >= 11 is 0. The van der Waals surface area contributed by atoms with Gasteiger partial charge >= 0.3 is 6.18 Å². The van der Waals surface area contributed by atoms with Crippen molar-refractivity contribution in [1.29, 1.82) is 0 Å². The summed E-state index contributed by atoms with van der Waals surface area (Å²) in [5, 5.41) is 7.30. The Hall–Kier alpha value is -2.25. The summed E-state index contributed by atoms with van der Waals surface area (Å²) in [6.07, 6.45) is -2.58. The zero-order valence-corrected chi connectivity index (χ0v) is 14.1. The largest absolute Gasteiger partial charge is 0.478 e. The molecule has 0 spiro atoms. The number of aromatic nitrogens is 3. The number of hydrogen-bond acceptors (Lipinski definition) is 4. The molecule has 0 atom stereocenters. The maximum absolute atomic E-state index is 13.0. The highest BCUT2D eigenvalue weighted by Gasteiger charge is 2.32. The second-order valence-electron chi connectivity index (χ2n) is 5.68. The van der Waals surface area contributed by atoms with E-state index in [4.69, 9.17) is 4.74 Å². The minimum absolute atomic E-state index is 0.0515. The molecule has 0 radical (unpaired) electrons. The van der Waals surface area contributed by atoms with Crippen LogP contribution in [0.4, 0.5) is 19.0 Å². The van der Waals surface area contributed by atoms with Gasteiger partial charge < -0.3 is 10.1 Å². The van der Waals surface area contributed by atoms with Gasteiger partial charge in [-0.15, -0.1) is 0 Å². The molecule has 0 aliphatic rings. The number of aryl methyl sites for hydroxylation is 1. The number of pyridine rings is 1. The molecule has 132 valence electrons. The predicted molar refractivity (Wildman–Crippen MR) is 85.1 cm³/mol. The molecule has 2 aromatic heterocycles. The van der Waals surface area contributed by atoms with E-state index in [0.717, 1.165) is 23.4 Å². The Balaban J connectivity index is 2.21. The van der Waals surface area contributed by atoms with Crippen molar-refractivity contribution in [2.24, 2.45) is 0 Å². The highest BCUT2D eigenvalue weighted by Crippen LogP contribution is 2.32. The van der Waals surface area contributed by atoms with Gasteiger partial charge in [0.25, 0.3) is 0 Å². The van der Waals surface area contributed by atoms with Crippen LogP contribution in [0.2, 0.25) is 0 Å². The highest BCUT2D eigenvalue weighted by atomic mass is 19.4. The molecule has 8 heteroatoms. The molecule has 0 aromatic carbocycles. The van der Waals surface area contributed by atoms with E-state index in [1.807, 2.05) is 31.6 Å². The first-order chi connectivity index (χ1) is 11.2. The zero-order chi connectivity index (χ0) is 17.9. The van der Waals surface area contributed by atoms with Gasteiger partial charge in [-0.25, -0.2) is 0 Å². The number of rotatable bonds is 6. The lowest BCUT2D eigenvalue weighted by Crippen LogP contribution is -2.10. The highest BCUT2D eigenvalue weighted by molar-refractivity contribution is 5.43. The van der Waals surface area contributed by atoms with Crippen LogP contribution in [0.5, 0.6) is 5.88 Å². The molecular formula is C16H21F3N4O. The second-order valence-corrected chi connectivity index (χ2v) is 5.68. The van der Waals surface area contributed by atoms with E-state index in [1.165, 1.54) is 0 Å². The number of nitrogens with one attached hydrogen (secondary N) is 1. The van der Waals surface area contributed by atoms with Gasteiger partial charge in [-0.2, -0.15) is 23.3 Å². The van der Waals surface area contributed by atoms with E-state index in [1.54, 1.807) is 6.92 Å². The first kappa shape index (κ1) is 18.1. The van der Waals surface area contributed by atoms with Crippen LogP contribution in [-0.2, 0) is 12.7 Å². The number of anilines is 1. The Bertz CT molecular complexity index is 695. The molecule has 0 amide bonds. The standard InChI is InChI=1S/C16H21F3N4O/c1-5-24-15-7-13(16(17,18)19)6-14(21-15)20-8-12-9-23(10(2)3)22-11(12)4/h6-7,9-10H,5,8H2,1-4H3,(H,20,21).